The molecule has 2 aromatic rings. The van der Waals surface area contributed by atoms with E-state index in [0.717, 1.165) is 24.2 Å². The summed E-state index contributed by atoms with van der Waals surface area (Å²) in [7, 11) is 1.59. The predicted molar refractivity (Wildman–Crippen MR) is 101 cm³/mol. The van der Waals surface area contributed by atoms with Crippen molar-refractivity contribution in [2.24, 2.45) is 5.92 Å². The molecule has 2 aliphatic rings. The molecule has 27 heavy (non-hydrogen) atoms. The second kappa shape index (κ2) is 7.53. The highest BCUT2D eigenvalue weighted by Gasteiger charge is 2.32. The minimum absolute atomic E-state index is 0.0205. The zero-order valence-electron chi connectivity index (χ0n) is 15.4. The number of hydrogen-bond acceptors (Lipinski definition) is 4. The van der Waals surface area contributed by atoms with Crippen LogP contribution < -0.4 is 10.1 Å². The number of ketones is 1. The van der Waals surface area contributed by atoms with E-state index in [4.69, 9.17) is 9.47 Å². The molecule has 1 amide bonds. The summed E-state index contributed by atoms with van der Waals surface area (Å²) < 4.78 is 11.3. The van der Waals surface area contributed by atoms with Crippen molar-refractivity contribution < 1.29 is 19.1 Å². The van der Waals surface area contributed by atoms with Gasteiger partial charge in [-0.25, -0.2) is 0 Å². The van der Waals surface area contributed by atoms with Crippen LogP contribution in [0, 0.1) is 5.92 Å². The highest BCUT2D eigenvalue weighted by molar-refractivity contribution is 6.03. The molecule has 1 fully saturated rings. The van der Waals surface area contributed by atoms with E-state index in [1.54, 1.807) is 13.1 Å². The van der Waals surface area contributed by atoms with Gasteiger partial charge in [-0.05, 0) is 30.0 Å². The number of rotatable bonds is 5. The van der Waals surface area contributed by atoms with Crippen LogP contribution in [0.4, 0.5) is 0 Å². The molecule has 5 nitrogen and oxygen atoms in total. The smallest absolute Gasteiger partial charge is 0.254 e. The maximum Gasteiger partial charge on any atom is 0.254 e. The molecule has 0 bridgehead atoms. The first-order valence-electron chi connectivity index (χ1n) is 9.36. The molecular formula is C22H23NO4. The van der Waals surface area contributed by atoms with Crippen molar-refractivity contribution in [2.75, 3.05) is 26.9 Å². The third kappa shape index (κ3) is 3.47. The van der Waals surface area contributed by atoms with Crippen molar-refractivity contribution in [1.82, 2.24) is 5.32 Å². The number of carbonyl (C=O) groups excluding carboxylic acids is 2. The Bertz CT molecular complexity index is 856. The quantitative estimate of drug-likeness (QED) is 0.827. The molecule has 0 aromatic heterocycles. The summed E-state index contributed by atoms with van der Waals surface area (Å²) in [6, 6.07) is 13.6. The van der Waals surface area contributed by atoms with Crippen LogP contribution in [0.25, 0.3) is 0 Å². The largest absolute Gasteiger partial charge is 0.491 e. The minimum atomic E-state index is -0.237. The maximum absolute atomic E-state index is 12.9. The van der Waals surface area contributed by atoms with Gasteiger partial charge in [0.15, 0.2) is 5.78 Å². The lowest BCUT2D eigenvalue weighted by Crippen LogP contribution is -2.19. The number of carbonyl (C=O) groups is 2. The lowest BCUT2D eigenvalue weighted by Gasteiger charge is -2.13. The SMILES string of the molecule is CNC(=O)c1cc(C(=O)CC2CCOC2)cc2c1OCC2c1ccccc1. The molecule has 1 N–H and O–H groups in total. The first-order chi connectivity index (χ1) is 13.2. The monoisotopic (exact) mass is 365 g/mol. The molecule has 4 rings (SSSR count). The lowest BCUT2D eigenvalue weighted by atomic mass is 9.88. The van der Waals surface area contributed by atoms with Crippen molar-refractivity contribution in [2.45, 2.75) is 18.8 Å². The van der Waals surface area contributed by atoms with E-state index in [2.05, 4.69) is 5.32 Å². The highest BCUT2D eigenvalue weighted by atomic mass is 16.5. The van der Waals surface area contributed by atoms with Gasteiger partial charge < -0.3 is 14.8 Å². The van der Waals surface area contributed by atoms with Gasteiger partial charge in [0.05, 0.1) is 12.2 Å². The van der Waals surface area contributed by atoms with Crippen LogP contribution in [0.5, 0.6) is 5.75 Å². The predicted octanol–water partition coefficient (Wildman–Crippen LogP) is 3.18. The van der Waals surface area contributed by atoms with Crippen LogP contribution in [-0.2, 0) is 4.74 Å². The lowest BCUT2D eigenvalue weighted by molar-refractivity contribution is 0.0952. The maximum atomic E-state index is 12.9. The summed E-state index contributed by atoms with van der Waals surface area (Å²) in [5.41, 5.74) is 3.03. The summed E-state index contributed by atoms with van der Waals surface area (Å²) in [5, 5.41) is 2.65. The Morgan fingerprint density at radius 3 is 2.67 bits per heavy atom. The van der Waals surface area contributed by atoms with E-state index in [1.165, 1.54) is 0 Å². The molecule has 2 heterocycles. The van der Waals surface area contributed by atoms with Gasteiger partial charge in [-0.2, -0.15) is 0 Å². The summed E-state index contributed by atoms with van der Waals surface area (Å²) in [6.45, 7) is 1.82. The molecule has 5 heteroatoms. The van der Waals surface area contributed by atoms with E-state index in [-0.39, 0.29) is 23.5 Å². The molecule has 2 aromatic carbocycles. The molecule has 2 unspecified atom stereocenters. The van der Waals surface area contributed by atoms with Crippen LogP contribution in [0.1, 0.15) is 50.6 Å². The minimum Gasteiger partial charge on any atom is -0.491 e. The number of benzene rings is 2. The van der Waals surface area contributed by atoms with E-state index >= 15 is 0 Å². The Hall–Kier alpha value is -2.66. The van der Waals surface area contributed by atoms with Crippen molar-refractivity contribution in [3.05, 3.63) is 64.7 Å². The summed E-state index contributed by atoms with van der Waals surface area (Å²) in [5.74, 6) is 0.683. The van der Waals surface area contributed by atoms with E-state index in [1.807, 2.05) is 36.4 Å². The first-order valence-corrected chi connectivity index (χ1v) is 9.36. The Balaban J connectivity index is 1.73. The molecular weight excluding hydrogens is 342 g/mol. The second-order valence-corrected chi connectivity index (χ2v) is 7.15. The van der Waals surface area contributed by atoms with Gasteiger partial charge in [-0.1, -0.05) is 30.3 Å². The van der Waals surface area contributed by atoms with Crippen molar-refractivity contribution in [1.29, 1.82) is 0 Å². The number of hydrogen-bond donors (Lipinski definition) is 1. The molecule has 140 valence electrons. The Labute approximate surface area is 158 Å². The molecule has 2 aliphatic heterocycles. The van der Waals surface area contributed by atoms with E-state index < -0.39 is 0 Å². The number of amides is 1. The summed E-state index contributed by atoms with van der Waals surface area (Å²) >= 11 is 0. The number of nitrogens with one attached hydrogen (secondary N) is 1. The first kappa shape index (κ1) is 17.7. The zero-order chi connectivity index (χ0) is 18.8. The third-order valence-electron chi connectivity index (χ3n) is 5.38. The third-order valence-corrected chi connectivity index (χ3v) is 5.38. The molecule has 0 spiro atoms. The van der Waals surface area contributed by atoms with Gasteiger partial charge in [-0.15, -0.1) is 0 Å². The zero-order valence-corrected chi connectivity index (χ0v) is 15.4. The van der Waals surface area contributed by atoms with Crippen LogP contribution in [0.15, 0.2) is 42.5 Å². The Morgan fingerprint density at radius 2 is 1.96 bits per heavy atom. The van der Waals surface area contributed by atoms with Gasteiger partial charge in [0.25, 0.3) is 5.91 Å². The summed E-state index contributed by atoms with van der Waals surface area (Å²) in [4.78, 5) is 25.3. The highest BCUT2D eigenvalue weighted by Crippen LogP contribution is 2.41. The standard InChI is InChI=1S/C22H23NO4/c1-23-22(25)18-11-16(20(24)9-14-7-8-26-12-14)10-17-19(13-27-21(17)18)15-5-3-2-4-6-15/h2-6,10-11,14,19H,7-9,12-13H2,1H3,(H,23,25). The van der Waals surface area contributed by atoms with Gasteiger partial charge in [0.1, 0.15) is 5.75 Å². The fraction of sp³-hybridized carbons (Fsp3) is 0.364. The molecule has 0 saturated carbocycles. The topological polar surface area (TPSA) is 64.6 Å². The Kier molecular flexibility index (Phi) is 4.94. The fourth-order valence-electron chi connectivity index (χ4n) is 3.88. The van der Waals surface area contributed by atoms with Crippen LogP contribution in [-0.4, -0.2) is 38.6 Å². The number of ether oxygens (including phenoxy) is 2. The average molecular weight is 365 g/mol. The van der Waals surface area contributed by atoms with E-state index in [9.17, 15) is 9.59 Å². The van der Waals surface area contributed by atoms with Gasteiger partial charge >= 0.3 is 0 Å². The number of Topliss-reactive ketones (excluding diaryl/α,β-unsaturated/α-hetero) is 1. The van der Waals surface area contributed by atoms with Crippen molar-refractivity contribution >= 4 is 11.7 Å². The Morgan fingerprint density at radius 1 is 1.15 bits per heavy atom. The molecule has 0 radical (unpaired) electrons. The van der Waals surface area contributed by atoms with E-state index in [0.29, 0.717) is 36.5 Å². The second-order valence-electron chi connectivity index (χ2n) is 7.15. The van der Waals surface area contributed by atoms with Crippen molar-refractivity contribution in [3.8, 4) is 5.75 Å². The van der Waals surface area contributed by atoms with Crippen molar-refractivity contribution in [3.63, 3.8) is 0 Å². The summed E-state index contributed by atoms with van der Waals surface area (Å²) in [6.07, 6.45) is 1.36. The van der Waals surface area contributed by atoms with Crippen LogP contribution >= 0.6 is 0 Å². The van der Waals surface area contributed by atoms with Gasteiger partial charge in [0, 0.05) is 43.7 Å². The van der Waals surface area contributed by atoms with Gasteiger partial charge in [0.2, 0.25) is 0 Å². The van der Waals surface area contributed by atoms with Crippen LogP contribution in [0.3, 0.4) is 0 Å². The fourth-order valence-corrected chi connectivity index (χ4v) is 3.88. The molecule has 0 aliphatic carbocycles. The normalized spacial score (nSPS) is 20.8. The van der Waals surface area contributed by atoms with Crippen LogP contribution in [0.2, 0.25) is 0 Å². The molecule has 1 saturated heterocycles. The molecule has 2 atom stereocenters. The number of fused-ring (bicyclic) bond motifs is 1. The van der Waals surface area contributed by atoms with Gasteiger partial charge in [-0.3, -0.25) is 9.59 Å². The average Bonchev–Trinajstić information content (AvgIpc) is 3.36.